The number of hydrogen-bond donors (Lipinski definition) is 2. The lowest BCUT2D eigenvalue weighted by Crippen LogP contribution is -2.30. The van der Waals surface area contributed by atoms with Crippen LogP contribution in [0.5, 0.6) is 0 Å². The molecule has 0 unspecified atom stereocenters. The summed E-state index contributed by atoms with van der Waals surface area (Å²) in [6.45, 7) is 0.128. The molecule has 1 aromatic rings. The maximum atomic E-state index is 11.2. The van der Waals surface area contributed by atoms with Crippen LogP contribution >= 0.6 is 11.5 Å². The molecular weight excluding hydrogens is 206 g/mol. The molecule has 0 saturated carbocycles. The molecule has 0 spiro atoms. The third kappa shape index (κ3) is 1.39. The summed E-state index contributed by atoms with van der Waals surface area (Å²) in [5.41, 5.74) is 5.99. The SMILES string of the molecule is Nc1snnc1CN1C(=O)CNC1=O. The average Bonchev–Trinajstić information content (AvgIpc) is 2.67. The lowest BCUT2D eigenvalue weighted by Gasteiger charge is -2.09. The number of rotatable bonds is 2. The van der Waals surface area contributed by atoms with Crippen molar-refractivity contribution < 1.29 is 9.59 Å². The molecule has 0 aromatic carbocycles. The van der Waals surface area contributed by atoms with Gasteiger partial charge in [-0.15, -0.1) is 5.10 Å². The predicted molar refractivity (Wildman–Crippen MR) is 48.3 cm³/mol. The Kier molecular flexibility index (Phi) is 2.04. The number of nitrogens with one attached hydrogen (secondary N) is 1. The van der Waals surface area contributed by atoms with E-state index in [1.165, 1.54) is 0 Å². The summed E-state index contributed by atoms with van der Waals surface area (Å²) in [6, 6.07) is -0.414. The molecular formula is C6H7N5O2S. The number of nitrogens with zero attached hydrogens (tertiary/aromatic N) is 3. The molecule has 0 atom stereocenters. The highest BCUT2D eigenvalue weighted by Gasteiger charge is 2.29. The van der Waals surface area contributed by atoms with Crippen LogP contribution in [-0.4, -0.2) is 33.0 Å². The Morgan fingerprint density at radius 2 is 2.36 bits per heavy atom. The molecule has 0 radical (unpaired) electrons. The van der Waals surface area contributed by atoms with Gasteiger partial charge in [0.2, 0.25) is 5.91 Å². The van der Waals surface area contributed by atoms with Crippen molar-refractivity contribution in [3.63, 3.8) is 0 Å². The third-order valence-electron chi connectivity index (χ3n) is 1.83. The number of urea groups is 1. The first-order valence-electron chi connectivity index (χ1n) is 3.83. The first-order valence-corrected chi connectivity index (χ1v) is 4.60. The molecule has 1 aliphatic rings. The van der Waals surface area contributed by atoms with Gasteiger partial charge in [-0.25, -0.2) is 4.79 Å². The monoisotopic (exact) mass is 213 g/mol. The van der Waals surface area contributed by atoms with Crippen LogP contribution in [0, 0.1) is 0 Å². The second-order valence-electron chi connectivity index (χ2n) is 2.72. The van der Waals surface area contributed by atoms with Crippen LogP contribution < -0.4 is 11.1 Å². The fraction of sp³-hybridized carbons (Fsp3) is 0.333. The number of carbonyl (C=O) groups excluding carboxylic acids is 2. The molecule has 0 aliphatic carbocycles. The molecule has 0 bridgehead atoms. The Labute approximate surface area is 83.0 Å². The van der Waals surface area contributed by atoms with E-state index in [0.29, 0.717) is 10.7 Å². The zero-order chi connectivity index (χ0) is 10.1. The average molecular weight is 213 g/mol. The summed E-state index contributed by atoms with van der Waals surface area (Å²) in [6.07, 6.45) is 0. The number of anilines is 1. The summed E-state index contributed by atoms with van der Waals surface area (Å²) >= 11 is 1.04. The van der Waals surface area contributed by atoms with Gasteiger partial charge in [0.15, 0.2) is 0 Å². The summed E-state index contributed by atoms with van der Waals surface area (Å²) in [5.74, 6) is -0.276. The fourth-order valence-corrected chi connectivity index (χ4v) is 1.53. The van der Waals surface area contributed by atoms with E-state index >= 15 is 0 Å². The van der Waals surface area contributed by atoms with Gasteiger partial charge in [0.25, 0.3) is 0 Å². The van der Waals surface area contributed by atoms with Gasteiger partial charge in [-0.3, -0.25) is 9.69 Å². The molecule has 14 heavy (non-hydrogen) atoms. The molecule has 3 amide bonds. The second kappa shape index (κ2) is 3.22. The summed E-state index contributed by atoms with van der Waals surface area (Å²) in [7, 11) is 0. The number of nitrogen functional groups attached to an aromatic ring is 1. The number of hydrogen-bond acceptors (Lipinski definition) is 6. The second-order valence-corrected chi connectivity index (χ2v) is 3.51. The van der Waals surface area contributed by atoms with Gasteiger partial charge in [-0.05, 0) is 0 Å². The van der Waals surface area contributed by atoms with Crippen LogP contribution in [0.15, 0.2) is 0 Å². The van der Waals surface area contributed by atoms with E-state index in [0.717, 1.165) is 16.4 Å². The number of carbonyl (C=O) groups is 2. The molecule has 1 aromatic heterocycles. The predicted octanol–water partition coefficient (Wildman–Crippen LogP) is -0.828. The molecule has 1 saturated heterocycles. The van der Waals surface area contributed by atoms with E-state index in [4.69, 9.17) is 5.73 Å². The minimum Gasteiger partial charge on any atom is -0.388 e. The van der Waals surface area contributed by atoms with Crippen LogP contribution in [-0.2, 0) is 11.3 Å². The Morgan fingerprint density at radius 1 is 1.57 bits per heavy atom. The van der Waals surface area contributed by atoms with Crippen molar-refractivity contribution in [1.82, 2.24) is 19.8 Å². The fourth-order valence-electron chi connectivity index (χ4n) is 1.09. The van der Waals surface area contributed by atoms with Crippen LogP contribution in [0.2, 0.25) is 0 Å². The van der Waals surface area contributed by atoms with E-state index in [9.17, 15) is 9.59 Å². The highest BCUT2D eigenvalue weighted by Crippen LogP contribution is 2.15. The van der Waals surface area contributed by atoms with E-state index in [-0.39, 0.29) is 19.0 Å². The lowest BCUT2D eigenvalue weighted by atomic mass is 10.4. The highest BCUT2D eigenvalue weighted by atomic mass is 32.1. The van der Waals surface area contributed by atoms with Gasteiger partial charge in [0.05, 0.1) is 13.1 Å². The summed E-state index contributed by atoms with van der Waals surface area (Å²) in [5, 5.41) is 6.55. The Morgan fingerprint density at radius 3 is 2.86 bits per heavy atom. The first kappa shape index (κ1) is 8.88. The van der Waals surface area contributed by atoms with E-state index < -0.39 is 6.03 Å². The minimum atomic E-state index is -0.414. The van der Waals surface area contributed by atoms with Crippen LogP contribution in [0.3, 0.4) is 0 Å². The highest BCUT2D eigenvalue weighted by molar-refractivity contribution is 7.09. The van der Waals surface area contributed by atoms with E-state index in [2.05, 4.69) is 14.9 Å². The number of amides is 3. The van der Waals surface area contributed by atoms with Crippen molar-refractivity contribution in [2.75, 3.05) is 12.3 Å². The van der Waals surface area contributed by atoms with Crippen molar-refractivity contribution >= 4 is 28.5 Å². The first-order chi connectivity index (χ1) is 6.68. The van der Waals surface area contributed by atoms with Crippen molar-refractivity contribution in [3.05, 3.63) is 5.69 Å². The quantitative estimate of drug-likeness (QED) is 0.624. The minimum absolute atomic E-state index is 0.0380. The standard InChI is InChI=1S/C6H7N5O2S/c7-5-3(9-10-14-5)2-11-4(12)1-8-6(11)13/h1-2,7H2,(H,8,13). The topological polar surface area (TPSA) is 101 Å². The Balaban J connectivity index is 2.15. The molecule has 8 heteroatoms. The van der Waals surface area contributed by atoms with Gasteiger partial charge in [-0.1, -0.05) is 4.49 Å². The zero-order valence-corrected chi connectivity index (χ0v) is 7.87. The lowest BCUT2D eigenvalue weighted by molar-refractivity contribution is -0.125. The van der Waals surface area contributed by atoms with Gasteiger partial charge in [0, 0.05) is 11.5 Å². The van der Waals surface area contributed by atoms with Gasteiger partial charge >= 0.3 is 6.03 Å². The van der Waals surface area contributed by atoms with Crippen molar-refractivity contribution in [1.29, 1.82) is 0 Å². The molecule has 2 rings (SSSR count). The number of nitrogens with two attached hydrogens (primary N) is 1. The maximum Gasteiger partial charge on any atom is 0.324 e. The van der Waals surface area contributed by atoms with Crippen molar-refractivity contribution in [3.8, 4) is 0 Å². The molecule has 7 nitrogen and oxygen atoms in total. The van der Waals surface area contributed by atoms with Crippen LogP contribution in [0.4, 0.5) is 9.80 Å². The van der Waals surface area contributed by atoms with Crippen LogP contribution in [0.1, 0.15) is 5.69 Å². The molecule has 1 aliphatic heterocycles. The van der Waals surface area contributed by atoms with Gasteiger partial charge < -0.3 is 11.1 Å². The molecule has 1 fully saturated rings. The normalized spacial score (nSPS) is 16.1. The third-order valence-corrected chi connectivity index (χ3v) is 2.43. The molecule has 2 heterocycles. The zero-order valence-electron chi connectivity index (χ0n) is 7.06. The van der Waals surface area contributed by atoms with E-state index in [1.54, 1.807) is 0 Å². The van der Waals surface area contributed by atoms with Crippen molar-refractivity contribution in [2.24, 2.45) is 0 Å². The number of aromatic nitrogens is 2. The van der Waals surface area contributed by atoms with Gasteiger partial charge in [-0.2, -0.15) is 0 Å². The Bertz CT molecular complexity index is 373. The van der Waals surface area contributed by atoms with Gasteiger partial charge in [0.1, 0.15) is 10.7 Å². The smallest absolute Gasteiger partial charge is 0.324 e. The van der Waals surface area contributed by atoms with E-state index in [1.807, 2.05) is 0 Å². The summed E-state index contributed by atoms with van der Waals surface area (Å²) < 4.78 is 3.61. The molecule has 3 N–H and O–H groups in total. The van der Waals surface area contributed by atoms with Crippen LogP contribution in [0.25, 0.3) is 0 Å². The largest absolute Gasteiger partial charge is 0.388 e. The number of imide groups is 1. The van der Waals surface area contributed by atoms with Crippen molar-refractivity contribution in [2.45, 2.75) is 6.54 Å². The summed E-state index contributed by atoms with van der Waals surface area (Å²) in [4.78, 5) is 23.4. The Hall–Kier alpha value is -1.70. The maximum absolute atomic E-state index is 11.2. The molecule has 74 valence electrons.